The molecule has 0 saturated heterocycles. The Hall–Kier alpha value is -3.17. The fourth-order valence-corrected chi connectivity index (χ4v) is 2.71. The van der Waals surface area contributed by atoms with E-state index in [4.69, 9.17) is 27.9 Å². The molecule has 0 atom stereocenters. The largest absolute Gasteiger partial charge is 0.482 e. The van der Waals surface area contributed by atoms with Crippen LogP contribution < -0.4 is 15.5 Å². The second-order valence-corrected chi connectivity index (χ2v) is 7.07. The number of anilines is 1. The number of aryl methyl sites for hydroxylation is 1. The Balaban J connectivity index is 1.85. The van der Waals surface area contributed by atoms with E-state index in [1.54, 1.807) is 26.0 Å². The van der Waals surface area contributed by atoms with Crippen LogP contribution in [0.15, 0.2) is 41.5 Å². The molecule has 11 heteroatoms. The first kappa shape index (κ1) is 23.1. The minimum Gasteiger partial charge on any atom is -0.482 e. The summed E-state index contributed by atoms with van der Waals surface area (Å²) in [7, 11) is 0. The summed E-state index contributed by atoms with van der Waals surface area (Å²) in [5.74, 6) is -0.683. The van der Waals surface area contributed by atoms with Crippen LogP contribution in [-0.4, -0.2) is 29.1 Å². The van der Waals surface area contributed by atoms with Crippen molar-refractivity contribution in [2.24, 2.45) is 5.10 Å². The lowest BCUT2D eigenvalue weighted by Crippen LogP contribution is -2.26. The Morgan fingerprint density at radius 3 is 2.57 bits per heavy atom. The van der Waals surface area contributed by atoms with Crippen LogP contribution in [0.4, 0.5) is 11.4 Å². The summed E-state index contributed by atoms with van der Waals surface area (Å²) in [6.07, 6.45) is -0.119. The third kappa shape index (κ3) is 7.02. The molecule has 2 amide bonds. The molecule has 30 heavy (non-hydrogen) atoms. The number of hydrogen-bond acceptors (Lipinski definition) is 6. The van der Waals surface area contributed by atoms with Crippen LogP contribution >= 0.6 is 23.2 Å². The minimum atomic E-state index is -0.546. The van der Waals surface area contributed by atoms with E-state index in [1.807, 2.05) is 0 Å². The lowest BCUT2D eigenvalue weighted by Gasteiger charge is -2.09. The second-order valence-electron chi connectivity index (χ2n) is 6.23. The highest BCUT2D eigenvalue weighted by atomic mass is 35.5. The summed E-state index contributed by atoms with van der Waals surface area (Å²) < 4.78 is 5.28. The molecule has 0 aromatic heterocycles. The van der Waals surface area contributed by atoms with Gasteiger partial charge in [-0.2, -0.15) is 5.10 Å². The van der Waals surface area contributed by atoms with Crippen LogP contribution in [0.5, 0.6) is 5.75 Å². The van der Waals surface area contributed by atoms with Crippen LogP contribution in [0.25, 0.3) is 0 Å². The molecular weight excluding hydrogens is 435 g/mol. The average Bonchev–Trinajstić information content (AvgIpc) is 2.67. The van der Waals surface area contributed by atoms with Crippen LogP contribution in [0.1, 0.15) is 18.9 Å². The number of non-ortho nitro benzene ring substituents is 1. The number of hydrazone groups is 1. The number of nitro benzene ring substituents is 1. The van der Waals surface area contributed by atoms with E-state index in [9.17, 15) is 19.7 Å². The number of carbonyl (C=O) groups is 2. The second kappa shape index (κ2) is 10.6. The standard InChI is InChI=1S/C19H18Cl2N4O5/c1-11-3-5-14(25(28)29)9-16(11)22-18(26)7-12(2)23-24-19(27)10-30-17-6-4-13(20)8-15(17)21/h3-6,8-9H,7,10H2,1-2H3,(H,22,26)(H,24,27)/b23-12+. The Bertz CT molecular complexity index is 1010. The molecule has 0 saturated carbocycles. The summed E-state index contributed by atoms with van der Waals surface area (Å²) in [6, 6.07) is 8.77. The third-order valence-corrected chi connectivity index (χ3v) is 4.28. The van der Waals surface area contributed by atoms with Crippen molar-refractivity contribution < 1.29 is 19.2 Å². The summed E-state index contributed by atoms with van der Waals surface area (Å²) in [4.78, 5) is 34.3. The number of nitrogens with one attached hydrogen (secondary N) is 2. The third-order valence-electron chi connectivity index (χ3n) is 3.75. The van der Waals surface area contributed by atoms with Crippen LogP contribution in [0.3, 0.4) is 0 Å². The normalized spacial score (nSPS) is 11.0. The first-order valence-corrected chi connectivity index (χ1v) is 9.36. The number of hydrogen-bond donors (Lipinski definition) is 2. The number of ether oxygens (including phenoxy) is 1. The Labute approximate surface area is 182 Å². The number of carbonyl (C=O) groups excluding carboxylic acids is 2. The number of amides is 2. The van der Waals surface area contributed by atoms with Crippen LogP contribution in [0.2, 0.25) is 10.0 Å². The predicted molar refractivity (Wildman–Crippen MR) is 114 cm³/mol. The van der Waals surface area contributed by atoms with E-state index in [2.05, 4.69) is 15.8 Å². The van der Waals surface area contributed by atoms with Crippen molar-refractivity contribution in [3.8, 4) is 5.75 Å². The minimum absolute atomic E-state index is 0.119. The van der Waals surface area contributed by atoms with E-state index in [0.717, 1.165) is 0 Å². The van der Waals surface area contributed by atoms with Gasteiger partial charge >= 0.3 is 0 Å². The van der Waals surface area contributed by atoms with Crippen molar-refractivity contribution in [2.75, 3.05) is 11.9 Å². The number of rotatable bonds is 8. The monoisotopic (exact) mass is 452 g/mol. The Morgan fingerprint density at radius 1 is 1.17 bits per heavy atom. The molecule has 0 unspecified atom stereocenters. The molecule has 0 spiro atoms. The zero-order valence-corrected chi connectivity index (χ0v) is 17.6. The van der Waals surface area contributed by atoms with Gasteiger partial charge in [-0.3, -0.25) is 19.7 Å². The van der Waals surface area contributed by atoms with E-state index in [0.29, 0.717) is 27.7 Å². The molecule has 0 bridgehead atoms. The quantitative estimate of drug-likeness (QED) is 0.354. The van der Waals surface area contributed by atoms with Gasteiger partial charge in [0.15, 0.2) is 6.61 Å². The van der Waals surface area contributed by atoms with Crippen molar-refractivity contribution >= 4 is 52.1 Å². The predicted octanol–water partition coefficient (Wildman–Crippen LogP) is 4.11. The van der Waals surface area contributed by atoms with Crippen molar-refractivity contribution in [2.45, 2.75) is 20.3 Å². The molecule has 2 rings (SSSR count). The summed E-state index contributed by atoms with van der Waals surface area (Å²) in [5, 5.41) is 18.0. The maximum Gasteiger partial charge on any atom is 0.277 e. The van der Waals surface area contributed by atoms with Gasteiger partial charge in [-0.1, -0.05) is 29.3 Å². The number of halogens is 2. The number of nitro groups is 1. The fourth-order valence-electron chi connectivity index (χ4n) is 2.25. The summed E-state index contributed by atoms with van der Waals surface area (Å²) >= 11 is 11.7. The fraction of sp³-hybridized carbons (Fsp3) is 0.211. The number of benzene rings is 2. The molecule has 2 N–H and O–H groups in total. The zero-order chi connectivity index (χ0) is 22.3. The summed E-state index contributed by atoms with van der Waals surface area (Å²) in [6.45, 7) is 2.93. The van der Waals surface area contributed by atoms with Crippen molar-refractivity contribution in [3.63, 3.8) is 0 Å². The van der Waals surface area contributed by atoms with E-state index in [-0.39, 0.29) is 23.7 Å². The first-order chi connectivity index (χ1) is 14.2. The molecule has 0 aliphatic heterocycles. The van der Waals surface area contributed by atoms with Crippen molar-refractivity contribution in [1.29, 1.82) is 0 Å². The zero-order valence-electron chi connectivity index (χ0n) is 16.1. The first-order valence-electron chi connectivity index (χ1n) is 8.60. The van der Waals surface area contributed by atoms with Gasteiger partial charge in [0.05, 0.1) is 22.1 Å². The van der Waals surface area contributed by atoms with Gasteiger partial charge in [-0.05, 0) is 37.6 Å². The maximum absolute atomic E-state index is 12.2. The van der Waals surface area contributed by atoms with Crippen LogP contribution in [0, 0.1) is 17.0 Å². The van der Waals surface area contributed by atoms with Crippen molar-refractivity contribution in [3.05, 3.63) is 62.1 Å². The molecule has 0 heterocycles. The SMILES string of the molecule is C/C(CC(=O)Nc1cc([N+](=O)[O-])ccc1C)=N\NC(=O)COc1ccc(Cl)cc1Cl. The average molecular weight is 453 g/mol. The lowest BCUT2D eigenvalue weighted by molar-refractivity contribution is -0.384. The molecule has 9 nitrogen and oxygen atoms in total. The van der Waals surface area contributed by atoms with Gasteiger partial charge in [-0.25, -0.2) is 5.43 Å². The molecule has 158 valence electrons. The smallest absolute Gasteiger partial charge is 0.277 e. The highest BCUT2D eigenvalue weighted by Gasteiger charge is 2.12. The molecule has 2 aromatic rings. The molecule has 0 fully saturated rings. The van der Waals surface area contributed by atoms with Gasteiger partial charge in [0.2, 0.25) is 5.91 Å². The van der Waals surface area contributed by atoms with Gasteiger partial charge in [0.25, 0.3) is 11.6 Å². The highest BCUT2D eigenvalue weighted by molar-refractivity contribution is 6.35. The van der Waals surface area contributed by atoms with E-state index in [1.165, 1.54) is 24.3 Å². The molecule has 0 radical (unpaired) electrons. The lowest BCUT2D eigenvalue weighted by atomic mass is 10.1. The Morgan fingerprint density at radius 2 is 1.90 bits per heavy atom. The van der Waals surface area contributed by atoms with Crippen LogP contribution in [-0.2, 0) is 9.59 Å². The molecule has 0 aliphatic carbocycles. The topological polar surface area (TPSA) is 123 Å². The molecular formula is C19H18Cl2N4O5. The molecule has 0 aliphatic rings. The van der Waals surface area contributed by atoms with Gasteiger partial charge in [0, 0.05) is 22.9 Å². The summed E-state index contributed by atoms with van der Waals surface area (Å²) in [5.41, 5.74) is 3.48. The van der Waals surface area contributed by atoms with Crippen molar-refractivity contribution in [1.82, 2.24) is 5.43 Å². The maximum atomic E-state index is 12.2. The highest BCUT2D eigenvalue weighted by Crippen LogP contribution is 2.27. The van der Waals surface area contributed by atoms with Gasteiger partial charge in [-0.15, -0.1) is 0 Å². The van der Waals surface area contributed by atoms with Gasteiger partial charge < -0.3 is 10.1 Å². The van der Waals surface area contributed by atoms with E-state index < -0.39 is 16.7 Å². The van der Waals surface area contributed by atoms with Gasteiger partial charge in [0.1, 0.15) is 5.75 Å². The van der Waals surface area contributed by atoms with E-state index >= 15 is 0 Å². The number of nitrogens with zero attached hydrogens (tertiary/aromatic N) is 2. The Kier molecular flexibility index (Phi) is 8.14. The molecule has 2 aromatic carbocycles.